The molecule has 2 saturated carbocycles. The molecule has 4 fully saturated rings. The van der Waals surface area contributed by atoms with Gasteiger partial charge in [0.1, 0.15) is 48.3 Å². The van der Waals surface area contributed by atoms with Crippen molar-refractivity contribution in [3.05, 3.63) is 82.9 Å². The van der Waals surface area contributed by atoms with Gasteiger partial charge in [0.15, 0.2) is 23.8 Å². The number of ether oxygens (including phenoxy) is 6. The molecule has 2 aromatic carbocycles. The van der Waals surface area contributed by atoms with E-state index in [1.54, 1.807) is 55.5 Å². The number of aliphatic hydroxyl groups is 6. The van der Waals surface area contributed by atoms with E-state index < -0.39 is 138 Å². The Kier molecular flexibility index (Phi) is 13.5. The summed E-state index contributed by atoms with van der Waals surface area (Å²) in [5.41, 5.74) is -7.70. The van der Waals surface area contributed by atoms with E-state index in [1.807, 2.05) is 0 Å². The lowest BCUT2D eigenvalue weighted by molar-refractivity contribution is -0.366. The number of esters is 3. The molecule has 0 spiro atoms. The average molecular weight is 910 g/mol. The number of amides is 1. The fourth-order valence-corrected chi connectivity index (χ4v) is 10.8. The van der Waals surface area contributed by atoms with E-state index in [4.69, 9.17) is 28.4 Å². The summed E-state index contributed by atoms with van der Waals surface area (Å²) in [4.78, 5) is 70.3. The zero-order valence-corrected chi connectivity index (χ0v) is 37.1. The van der Waals surface area contributed by atoms with Crippen LogP contribution in [0.15, 0.2) is 71.8 Å². The second-order valence-corrected chi connectivity index (χ2v) is 18.6. The second-order valence-electron chi connectivity index (χ2n) is 18.6. The fraction of sp³-hybridized carbons (Fsp3) is 0.596. The molecule has 3 aliphatic carbocycles. The Labute approximate surface area is 375 Å². The van der Waals surface area contributed by atoms with Crippen LogP contribution < -0.4 is 5.32 Å². The normalized spacial score (nSPS) is 37.1. The third-order valence-corrected chi connectivity index (χ3v) is 14.4. The van der Waals surface area contributed by atoms with Crippen molar-refractivity contribution in [2.45, 2.75) is 146 Å². The highest BCUT2D eigenvalue weighted by Crippen LogP contribution is 2.65. The van der Waals surface area contributed by atoms with Crippen molar-refractivity contribution >= 4 is 29.6 Å². The standard InChI is InChI=1S/C47H59NO17/c1-7-14-31(51)48-33(25-15-10-8-11-16-25)36(54)42(58)62-28-20-47(59)40(64-41(57)26-17-12-9-13-18-26)38-45(6,39(56)35(53)32(23(28)2)44(47,4)5)29(19-30-46(38,22-61-30)65-24(3)49)63-43-37(55)34(52)27(50)21-60-43/h8-13,15-18,27-30,33-38,40,43,50,52-55,59H,7,14,19-22H2,1-6H3,(H,48,51)/t27-,28-,29-,30+,33?,34+,35+,36+,37-,38-,40-,43?,45+,46-,47+/m0/s1. The maximum atomic E-state index is 15.6. The minimum Gasteiger partial charge on any atom is -0.456 e. The van der Waals surface area contributed by atoms with Crippen molar-refractivity contribution in [3.8, 4) is 0 Å². The van der Waals surface area contributed by atoms with Gasteiger partial charge in [0.05, 0.1) is 42.3 Å². The minimum atomic E-state index is -2.44. The van der Waals surface area contributed by atoms with Gasteiger partial charge in [0.25, 0.3) is 0 Å². The van der Waals surface area contributed by atoms with Gasteiger partial charge in [0.2, 0.25) is 5.91 Å². The highest BCUT2D eigenvalue weighted by Gasteiger charge is 2.78. The molecule has 15 atom stereocenters. The van der Waals surface area contributed by atoms with Crippen LogP contribution in [0.2, 0.25) is 0 Å². The van der Waals surface area contributed by atoms with Crippen molar-refractivity contribution in [3.63, 3.8) is 0 Å². The highest BCUT2D eigenvalue weighted by molar-refractivity contribution is 5.94. The second kappa shape index (κ2) is 18.2. The van der Waals surface area contributed by atoms with Crippen LogP contribution in [0, 0.1) is 16.7 Å². The predicted octanol–water partition coefficient (Wildman–Crippen LogP) is 1.11. The molecular formula is C47H59NO17. The van der Waals surface area contributed by atoms with E-state index in [0.29, 0.717) is 12.0 Å². The zero-order valence-electron chi connectivity index (χ0n) is 37.1. The van der Waals surface area contributed by atoms with Crippen molar-refractivity contribution in [1.82, 2.24) is 5.32 Å². The average Bonchev–Trinajstić information content (AvgIpc) is 3.26. The molecule has 1 amide bonds. The van der Waals surface area contributed by atoms with Crippen LogP contribution in [0.5, 0.6) is 0 Å². The van der Waals surface area contributed by atoms with E-state index in [0.717, 1.165) is 6.92 Å². The van der Waals surface area contributed by atoms with Crippen LogP contribution in [0.25, 0.3) is 0 Å². The Bertz CT molecular complexity index is 2170. The van der Waals surface area contributed by atoms with E-state index in [2.05, 4.69) is 5.32 Å². The van der Waals surface area contributed by atoms with Gasteiger partial charge in [-0.2, -0.15) is 0 Å². The van der Waals surface area contributed by atoms with Gasteiger partial charge in [-0.25, -0.2) is 9.59 Å². The zero-order chi connectivity index (χ0) is 47.4. The van der Waals surface area contributed by atoms with Gasteiger partial charge in [0, 0.05) is 31.6 Å². The number of Topliss-reactive ketones (excluding diaryl/α,β-unsaturated/α-hetero) is 1. The molecule has 7 rings (SSSR count). The lowest BCUT2D eigenvalue weighted by Gasteiger charge is -2.68. The minimum absolute atomic E-state index is 0.0350. The molecule has 18 nitrogen and oxygen atoms in total. The molecule has 5 aliphatic rings. The maximum Gasteiger partial charge on any atom is 0.338 e. The lowest BCUT2D eigenvalue weighted by atomic mass is 9.44. The first kappa shape index (κ1) is 48.3. The van der Waals surface area contributed by atoms with Crippen LogP contribution in [-0.2, 0) is 47.6 Å². The number of hydrogen-bond acceptors (Lipinski definition) is 17. The van der Waals surface area contributed by atoms with Crippen molar-refractivity contribution in [2.24, 2.45) is 16.7 Å². The predicted molar refractivity (Wildman–Crippen MR) is 224 cm³/mol. The summed E-state index contributed by atoms with van der Waals surface area (Å²) in [7, 11) is 0. The van der Waals surface area contributed by atoms with Gasteiger partial charge >= 0.3 is 17.9 Å². The molecule has 2 bridgehead atoms. The smallest absolute Gasteiger partial charge is 0.338 e. The van der Waals surface area contributed by atoms with Crippen molar-refractivity contribution in [1.29, 1.82) is 0 Å². The summed E-state index contributed by atoms with van der Waals surface area (Å²) in [5, 5.41) is 72.5. The number of benzene rings is 2. The highest BCUT2D eigenvalue weighted by atomic mass is 16.7. The van der Waals surface area contributed by atoms with Crippen molar-refractivity contribution in [2.75, 3.05) is 13.2 Å². The molecule has 2 saturated heterocycles. The third-order valence-electron chi connectivity index (χ3n) is 14.4. The molecule has 7 N–H and O–H groups in total. The molecular weight excluding hydrogens is 851 g/mol. The van der Waals surface area contributed by atoms with Gasteiger partial charge in [-0.15, -0.1) is 0 Å². The van der Waals surface area contributed by atoms with Crippen LogP contribution in [0.4, 0.5) is 0 Å². The summed E-state index contributed by atoms with van der Waals surface area (Å²) in [5.74, 6) is -6.06. The summed E-state index contributed by atoms with van der Waals surface area (Å²) in [6.07, 6.45) is -17.0. The van der Waals surface area contributed by atoms with Crippen LogP contribution in [-0.4, -0.2) is 146 Å². The van der Waals surface area contributed by atoms with Crippen LogP contribution in [0.3, 0.4) is 0 Å². The number of fused-ring (bicyclic) bond motifs is 5. The van der Waals surface area contributed by atoms with E-state index in [9.17, 15) is 49.8 Å². The lowest BCUT2D eigenvalue weighted by Crippen LogP contribution is -2.82. The maximum absolute atomic E-state index is 15.6. The number of rotatable bonds is 12. The number of nitrogens with one attached hydrogen (secondary N) is 1. The first-order valence-corrected chi connectivity index (χ1v) is 21.9. The Hall–Kier alpha value is -4.63. The molecule has 65 heavy (non-hydrogen) atoms. The first-order chi connectivity index (χ1) is 30.6. The van der Waals surface area contributed by atoms with Crippen LogP contribution >= 0.6 is 0 Å². The van der Waals surface area contributed by atoms with E-state index >= 15 is 4.79 Å². The molecule has 2 aliphatic heterocycles. The molecule has 354 valence electrons. The Morgan fingerprint density at radius 1 is 0.923 bits per heavy atom. The van der Waals surface area contributed by atoms with E-state index in [1.165, 1.54) is 39.8 Å². The summed E-state index contributed by atoms with van der Waals surface area (Å²) in [6, 6.07) is 14.7. The quantitative estimate of drug-likeness (QED) is 0.0893. The number of carbonyl (C=O) groups is 5. The number of carbonyl (C=O) groups excluding carboxylic acids is 5. The van der Waals surface area contributed by atoms with Gasteiger partial charge in [-0.3, -0.25) is 14.4 Å². The van der Waals surface area contributed by atoms with Gasteiger partial charge < -0.3 is 64.4 Å². The van der Waals surface area contributed by atoms with E-state index in [-0.39, 0.29) is 36.2 Å². The Morgan fingerprint density at radius 3 is 2.17 bits per heavy atom. The summed E-state index contributed by atoms with van der Waals surface area (Å²) in [6.45, 7) is 8.03. The fourth-order valence-electron chi connectivity index (χ4n) is 10.8. The molecule has 2 heterocycles. The molecule has 2 unspecified atom stereocenters. The summed E-state index contributed by atoms with van der Waals surface area (Å²) >= 11 is 0. The molecule has 2 aromatic rings. The molecule has 18 heteroatoms. The SMILES string of the molecule is CCCC(=O)NC(c1ccccc1)[C@@H](O)C(=O)O[C@H]1C[C@@]2(O)[C@@H](OC(=O)c3ccccc3)[C@@H]3[C@]4(OC(C)=O)CO[C@@H]4C[C@H](OC4OC[C@H](O)[C@@H](O)[C@@H]4O)[C@@]3(C)C(=O)[C@H](O)C(=C1C)C2(C)C. The monoisotopic (exact) mass is 909 g/mol. The van der Waals surface area contributed by atoms with Crippen molar-refractivity contribution < 1.29 is 83.0 Å². The van der Waals surface area contributed by atoms with Crippen LogP contribution in [0.1, 0.15) is 89.2 Å². The number of aliphatic hydroxyl groups excluding tert-OH is 5. The number of hydrogen-bond donors (Lipinski definition) is 7. The first-order valence-electron chi connectivity index (χ1n) is 21.9. The summed E-state index contributed by atoms with van der Waals surface area (Å²) < 4.78 is 36.6. The molecule has 0 aromatic heterocycles. The number of ketones is 1. The molecule has 0 radical (unpaired) electrons. The largest absolute Gasteiger partial charge is 0.456 e. The van der Waals surface area contributed by atoms with Gasteiger partial charge in [-0.05, 0) is 49.1 Å². The topological polar surface area (TPSA) is 274 Å². The van der Waals surface area contributed by atoms with Gasteiger partial charge in [-0.1, -0.05) is 69.3 Å². The Balaban J connectivity index is 1.39. The Morgan fingerprint density at radius 2 is 1.57 bits per heavy atom. The third kappa shape index (κ3) is 8.20.